The van der Waals surface area contributed by atoms with Crippen molar-refractivity contribution in [3.8, 4) is 5.75 Å². The molecule has 0 aliphatic carbocycles. The lowest BCUT2D eigenvalue weighted by Crippen LogP contribution is -2.30. The average Bonchev–Trinajstić information content (AvgIpc) is 2.24. The normalized spacial score (nSPS) is 13.3. The van der Waals surface area contributed by atoms with Gasteiger partial charge in [-0.3, -0.25) is 4.79 Å². The molecule has 1 rings (SSSR count). The summed E-state index contributed by atoms with van der Waals surface area (Å²) in [6.07, 6.45) is 0.0527. The molecule has 1 unspecified atom stereocenters. The molecule has 0 bridgehead atoms. The van der Waals surface area contributed by atoms with Crippen LogP contribution in [0.2, 0.25) is 0 Å². The van der Waals surface area contributed by atoms with Crippen LogP contribution in [0.1, 0.15) is 52.6 Å². The molecule has 0 radical (unpaired) electrons. The number of carbonyl (C=O) groups is 1. The molecule has 0 heterocycles. The zero-order valence-electron chi connectivity index (χ0n) is 12.9. The minimum absolute atomic E-state index is 0.0527. The molecule has 0 spiro atoms. The Kier molecular flexibility index (Phi) is 5.57. The molecule has 0 aliphatic rings. The highest BCUT2D eigenvalue weighted by atomic mass is 16.5. The summed E-state index contributed by atoms with van der Waals surface area (Å²) in [7, 11) is 0. The Bertz CT molecular complexity index is 449. The first-order valence-corrected chi connectivity index (χ1v) is 6.94. The summed E-state index contributed by atoms with van der Waals surface area (Å²) >= 11 is 0. The fraction of sp³-hybridized carbons (Fsp3) is 0.562. The lowest BCUT2D eigenvalue weighted by Gasteiger charge is -2.24. The highest BCUT2D eigenvalue weighted by Gasteiger charge is 2.18. The third-order valence-electron chi connectivity index (χ3n) is 2.60. The number of carboxylic acids is 1. The second-order valence-corrected chi connectivity index (χ2v) is 6.26. The smallest absolute Gasteiger partial charge is 0.305 e. The SMILES string of the molecule is CC(C)NC(CC(=O)O)c1cccc(OC(C)(C)C)c1. The molecule has 1 atom stereocenters. The average molecular weight is 279 g/mol. The number of aliphatic carboxylic acids is 1. The van der Waals surface area contributed by atoms with Gasteiger partial charge < -0.3 is 15.2 Å². The van der Waals surface area contributed by atoms with Crippen molar-refractivity contribution in [2.75, 3.05) is 0 Å². The maximum Gasteiger partial charge on any atom is 0.305 e. The quantitative estimate of drug-likeness (QED) is 0.838. The maximum absolute atomic E-state index is 11.0. The molecule has 0 saturated heterocycles. The number of ether oxygens (including phenoxy) is 1. The Morgan fingerprint density at radius 3 is 2.50 bits per heavy atom. The van der Waals surface area contributed by atoms with E-state index in [1.54, 1.807) is 0 Å². The van der Waals surface area contributed by atoms with Crippen LogP contribution in [0.4, 0.5) is 0 Å². The number of rotatable bonds is 6. The molecule has 0 aromatic heterocycles. The van der Waals surface area contributed by atoms with Crippen molar-refractivity contribution >= 4 is 5.97 Å². The molecule has 4 heteroatoms. The van der Waals surface area contributed by atoms with E-state index in [2.05, 4.69) is 5.32 Å². The third kappa shape index (κ3) is 6.06. The van der Waals surface area contributed by atoms with Gasteiger partial charge >= 0.3 is 5.97 Å². The van der Waals surface area contributed by atoms with Gasteiger partial charge in [0.1, 0.15) is 11.4 Å². The van der Waals surface area contributed by atoms with Crippen LogP contribution < -0.4 is 10.1 Å². The minimum atomic E-state index is -0.815. The van der Waals surface area contributed by atoms with Crippen molar-refractivity contribution in [2.24, 2.45) is 0 Å². The van der Waals surface area contributed by atoms with E-state index in [-0.39, 0.29) is 24.1 Å². The predicted octanol–water partition coefficient (Wildman–Crippen LogP) is 3.38. The zero-order valence-corrected chi connectivity index (χ0v) is 12.9. The molecule has 112 valence electrons. The number of benzene rings is 1. The Balaban J connectivity index is 2.95. The molecule has 4 nitrogen and oxygen atoms in total. The van der Waals surface area contributed by atoms with Crippen molar-refractivity contribution in [2.45, 2.75) is 58.7 Å². The zero-order chi connectivity index (χ0) is 15.3. The molecule has 0 fully saturated rings. The maximum atomic E-state index is 11.0. The van der Waals surface area contributed by atoms with E-state index in [4.69, 9.17) is 9.84 Å². The number of hydrogen-bond acceptors (Lipinski definition) is 3. The van der Waals surface area contributed by atoms with Crippen LogP contribution in [-0.4, -0.2) is 22.7 Å². The van der Waals surface area contributed by atoms with Crippen LogP contribution in [0, 0.1) is 0 Å². The fourth-order valence-electron chi connectivity index (χ4n) is 2.00. The predicted molar refractivity (Wildman–Crippen MR) is 80.1 cm³/mol. The Morgan fingerprint density at radius 1 is 1.35 bits per heavy atom. The summed E-state index contributed by atoms with van der Waals surface area (Å²) in [6.45, 7) is 9.97. The summed E-state index contributed by atoms with van der Waals surface area (Å²) < 4.78 is 5.83. The van der Waals surface area contributed by atoms with Gasteiger partial charge in [0.2, 0.25) is 0 Å². The van der Waals surface area contributed by atoms with Crippen molar-refractivity contribution in [1.29, 1.82) is 0 Å². The molecule has 1 aromatic carbocycles. The third-order valence-corrected chi connectivity index (χ3v) is 2.60. The molecule has 0 aliphatic heterocycles. The van der Waals surface area contributed by atoms with E-state index in [9.17, 15) is 4.79 Å². The lowest BCUT2D eigenvalue weighted by molar-refractivity contribution is -0.137. The lowest BCUT2D eigenvalue weighted by atomic mass is 10.0. The van der Waals surface area contributed by atoms with Crippen LogP contribution in [0.3, 0.4) is 0 Å². The highest BCUT2D eigenvalue weighted by Crippen LogP contribution is 2.25. The van der Waals surface area contributed by atoms with Crippen LogP contribution in [0.15, 0.2) is 24.3 Å². The standard InChI is InChI=1S/C16H25NO3/c1-11(2)17-14(10-15(18)19)12-7-6-8-13(9-12)20-16(3,4)5/h6-9,11,14,17H,10H2,1-5H3,(H,18,19). The van der Waals surface area contributed by atoms with Crippen LogP contribution in [-0.2, 0) is 4.79 Å². The monoisotopic (exact) mass is 279 g/mol. The van der Waals surface area contributed by atoms with Crippen molar-refractivity contribution in [1.82, 2.24) is 5.32 Å². The van der Waals surface area contributed by atoms with Crippen molar-refractivity contribution in [3.05, 3.63) is 29.8 Å². The highest BCUT2D eigenvalue weighted by molar-refractivity contribution is 5.68. The van der Waals surface area contributed by atoms with Gasteiger partial charge in [0.05, 0.1) is 6.42 Å². The number of nitrogens with one attached hydrogen (secondary N) is 1. The number of carboxylic acid groups (broad SMARTS) is 1. The Labute approximate surface area is 121 Å². The van der Waals surface area contributed by atoms with Gasteiger partial charge in [-0.2, -0.15) is 0 Å². The summed E-state index contributed by atoms with van der Waals surface area (Å²) in [5, 5.41) is 12.3. The van der Waals surface area contributed by atoms with Crippen LogP contribution >= 0.6 is 0 Å². The molecule has 2 N–H and O–H groups in total. The van der Waals surface area contributed by atoms with Gasteiger partial charge in [0.15, 0.2) is 0 Å². The van der Waals surface area contributed by atoms with Crippen LogP contribution in [0.25, 0.3) is 0 Å². The minimum Gasteiger partial charge on any atom is -0.488 e. The van der Waals surface area contributed by atoms with Gasteiger partial charge in [0, 0.05) is 12.1 Å². The van der Waals surface area contributed by atoms with Gasteiger partial charge in [-0.1, -0.05) is 26.0 Å². The van der Waals surface area contributed by atoms with Crippen molar-refractivity contribution in [3.63, 3.8) is 0 Å². The summed E-state index contributed by atoms with van der Waals surface area (Å²) in [6, 6.07) is 7.63. The van der Waals surface area contributed by atoms with E-state index in [1.807, 2.05) is 58.9 Å². The Morgan fingerprint density at radius 2 is 2.00 bits per heavy atom. The molecule has 0 amide bonds. The van der Waals surface area contributed by atoms with Crippen molar-refractivity contribution < 1.29 is 14.6 Å². The summed E-state index contributed by atoms with van der Waals surface area (Å²) in [5.74, 6) is -0.0544. The van der Waals surface area contributed by atoms with Gasteiger partial charge in [0.25, 0.3) is 0 Å². The largest absolute Gasteiger partial charge is 0.488 e. The second-order valence-electron chi connectivity index (χ2n) is 6.26. The van der Waals surface area contributed by atoms with Gasteiger partial charge in [-0.15, -0.1) is 0 Å². The first-order chi connectivity index (χ1) is 9.17. The van der Waals surface area contributed by atoms with Gasteiger partial charge in [-0.05, 0) is 38.5 Å². The molecule has 20 heavy (non-hydrogen) atoms. The first kappa shape index (κ1) is 16.5. The summed E-state index contributed by atoms with van der Waals surface area (Å²) in [5.41, 5.74) is 0.662. The fourth-order valence-corrected chi connectivity index (χ4v) is 2.00. The number of hydrogen-bond donors (Lipinski definition) is 2. The summed E-state index contributed by atoms with van der Waals surface area (Å²) in [4.78, 5) is 11.0. The topological polar surface area (TPSA) is 58.6 Å². The van der Waals surface area contributed by atoms with E-state index >= 15 is 0 Å². The van der Waals surface area contributed by atoms with E-state index < -0.39 is 5.97 Å². The van der Waals surface area contributed by atoms with Gasteiger partial charge in [-0.25, -0.2) is 0 Å². The first-order valence-electron chi connectivity index (χ1n) is 6.94. The molecular formula is C16H25NO3. The van der Waals surface area contributed by atoms with Crippen LogP contribution in [0.5, 0.6) is 5.75 Å². The van der Waals surface area contributed by atoms with E-state index in [0.717, 1.165) is 11.3 Å². The molecule has 0 saturated carbocycles. The van der Waals surface area contributed by atoms with E-state index in [1.165, 1.54) is 0 Å². The van der Waals surface area contributed by atoms with E-state index in [0.29, 0.717) is 0 Å². The second kappa shape index (κ2) is 6.75. The molecule has 1 aromatic rings. The Hall–Kier alpha value is -1.55. The molecular weight excluding hydrogens is 254 g/mol.